The lowest BCUT2D eigenvalue weighted by Gasteiger charge is -2.28. The van der Waals surface area contributed by atoms with E-state index in [2.05, 4.69) is 4.98 Å². The zero-order valence-corrected chi connectivity index (χ0v) is 18.4. The summed E-state index contributed by atoms with van der Waals surface area (Å²) in [4.78, 5) is 37.3. The first-order chi connectivity index (χ1) is 15.5. The van der Waals surface area contributed by atoms with Gasteiger partial charge in [0.2, 0.25) is 5.91 Å². The number of hydrogen-bond donors (Lipinski definition) is 0. The molecule has 32 heavy (non-hydrogen) atoms. The average Bonchev–Trinajstić information content (AvgIpc) is 3.17. The molecule has 0 bridgehead atoms. The van der Waals surface area contributed by atoms with Gasteiger partial charge in [-0.1, -0.05) is 18.2 Å². The average molecular weight is 455 g/mol. The lowest BCUT2D eigenvalue weighted by molar-refractivity contribution is -0.136. The lowest BCUT2D eigenvalue weighted by Crippen LogP contribution is -2.40. The highest BCUT2D eigenvalue weighted by molar-refractivity contribution is 7.10. The van der Waals surface area contributed by atoms with Gasteiger partial charge in [-0.3, -0.25) is 14.6 Å². The summed E-state index contributed by atoms with van der Waals surface area (Å²) in [5.41, 5.74) is 1.20. The maximum absolute atomic E-state index is 13.2. The Kier molecular flexibility index (Phi) is 6.75. The second kappa shape index (κ2) is 9.86. The van der Waals surface area contributed by atoms with Gasteiger partial charge in [0.1, 0.15) is 16.6 Å². The monoisotopic (exact) mass is 454 g/mol. The number of amides is 2. The van der Waals surface area contributed by atoms with Crippen LogP contribution in [-0.4, -0.2) is 57.8 Å². The van der Waals surface area contributed by atoms with Gasteiger partial charge < -0.3 is 14.5 Å². The highest BCUT2D eigenvalue weighted by Gasteiger charge is 2.32. The molecule has 7 nitrogen and oxygen atoms in total. The van der Waals surface area contributed by atoms with Gasteiger partial charge >= 0.3 is 0 Å². The molecule has 1 aliphatic heterocycles. The quantitative estimate of drug-likeness (QED) is 0.589. The number of rotatable bonds is 5. The minimum Gasteiger partial charge on any atom is -0.484 e. The topological polar surface area (TPSA) is 75.6 Å². The van der Waals surface area contributed by atoms with E-state index in [1.54, 1.807) is 28.0 Å². The SMILES string of the molecule is CC(=O)N1CCC(c2nc(-c3ccc(F)cn3)cs2)N(C(=O)COc2ccccc2)CC1. The predicted molar refractivity (Wildman–Crippen MR) is 119 cm³/mol. The summed E-state index contributed by atoms with van der Waals surface area (Å²) in [6.07, 6.45) is 1.72. The van der Waals surface area contributed by atoms with E-state index < -0.39 is 5.82 Å². The maximum atomic E-state index is 13.2. The summed E-state index contributed by atoms with van der Waals surface area (Å²) in [5, 5.41) is 2.61. The van der Waals surface area contributed by atoms with Crippen molar-refractivity contribution in [3.8, 4) is 17.1 Å². The third-order valence-electron chi connectivity index (χ3n) is 5.33. The summed E-state index contributed by atoms with van der Waals surface area (Å²) >= 11 is 1.43. The van der Waals surface area contributed by atoms with Crippen molar-refractivity contribution in [2.45, 2.75) is 19.4 Å². The fourth-order valence-corrected chi connectivity index (χ4v) is 4.59. The number of carbonyl (C=O) groups excluding carboxylic acids is 2. The van der Waals surface area contributed by atoms with Gasteiger partial charge in [-0.05, 0) is 30.7 Å². The number of ether oxygens (including phenoxy) is 1. The van der Waals surface area contributed by atoms with Gasteiger partial charge in [-0.25, -0.2) is 9.37 Å². The number of halogens is 1. The summed E-state index contributed by atoms with van der Waals surface area (Å²) in [7, 11) is 0. The normalized spacial score (nSPS) is 16.5. The first-order valence-corrected chi connectivity index (χ1v) is 11.2. The maximum Gasteiger partial charge on any atom is 0.261 e. The Morgan fingerprint density at radius 1 is 1.12 bits per heavy atom. The molecule has 2 amide bonds. The Morgan fingerprint density at radius 2 is 1.94 bits per heavy atom. The molecular formula is C23H23FN4O3S. The number of thiazole rings is 1. The summed E-state index contributed by atoms with van der Waals surface area (Å²) in [6, 6.07) is 11.8. The number of hydrogen-bond acceptors (Lipinski definition) is 6. The number of benzene rings is 1. The van der Waals surface area contributed by atoms with Crippen LogP contribution in [0.2, 0.25) is 0 Å². The Bertz CT molecular complexity index is 1070. The largest absolute Gasteiger partial charge is 0.484 e. The molecule has 0 radical (unpaired) electrons. The van der Waals surface area contributed by atoms with Gasteiger partial charge in [0, 0.05) is 31.9 Å². The van der Waals surface area contributed by atoms with Gasteiger partial charge in [0.05, 0.1) is 23.6 Å². The molecule has 166 valence electrons. The van der Waals surface area contributed by atoms with Gasteiger partial charge in [0.15, 0.2) is 6.61 Å². The van der Waals surface area contributed by atoms with Gasteiger partial charge in [0.25, 0.3) is 5.91 Å². The van der Waals surface area contributed by atoms with Crippen LogP contribution in [0.15, 0.2) is 54.0 Å². The third-order valence-corrected chi connectivity index (χ3v) is 6.27. The Hall–Kier alpha value is -3.33. The molecule has 1 fully saturated rings. The fraction of sp³-hybridized carbons (Fsp3) is 0.304. The molecule has 3 aromatic rings. The van der Waals surface area contributed by atoms with Crippen molar-refractivity contribution < 1.29 is 18.7 Å². The zero-order chi connectivity index (χ0) is 22.5. The number of pyridine rings is 1. The number of aromatic nitrogens is 2. The second-order valence-corrected chi connectivity index (χ2v) is 8.32. The van der Waals surface area contributed by atoms with Gasteiger partial charge in [-0.2, -0.15) is 0 Å². The molecule has 1 saturated heterocycles. The lowest BCUT2D eigenvalue weighted by atomic mass is 10.2. The molecule has 0 aliphatic carbocycles. The second-order valence-electron chi connectivity index (χ2n) is 7.43. The third kappa shape index (κ3) is 5.11. The van der Waals surface area contributed by atoms with Crippen LogP contribution >= 0.6 is 11.3 Å². The van der Waals surface area contributed by atoms with Crippen molar-refractivity contribution in [3.63, 3.8) is 0 Å². The molecule has 0 saturated carbocycles. The van der Waals surface area contributed by atoms with Crippen molar-refractivity contribution in [2.24, 2.45) is 0 Å². The van der Waals surface area contributed by atoms with Crippen LogP contribution in [0, 0.1) is 5.82 Å². The molecule has 1 atom stereocenters. The molecule has 3 heterocycles. The molecular weight excluding hydrogens is 431 g/mol. The Morgan fingerprint density at radius 3 is 2.66 bits per heavy atom. The van der Waals surface area contributed by atoms with E-state index in [9.17, 15) is 14.0 Å². The molecule has 2 aromatic heterocycles. The molecule has 4 rings (SSSR count). The first kappa shape index (κ1) is 21.9. The van der Waals surface area contributed by atoms with E-state index in [4.69, 9.17) is 9.72 Å². The summed E-state index contributed by atoms with van der Waals surface area (Å²) < 4.78 is 18.9. The van der Waals surface area contributed by atoms with Crippen molar-refractivity contribution in [1.82, 2.24) is 19.8 Å². The fourth-order valence-electron chi connectivity index (χ4n) is 3.63. The first-order valence-electron chi connectivity index (χ1n) is 10.3. The standard InChI is InChI=1S/C23H23FN4O3S/c1-16(29)27-10-9-21(23-26-20(15-32-23)19-8-7-17(24)13-25-19)28(12-11-27)22(30)14-31-18-5-3-2-4-6-18/h2-8,13,15,21H,9-12,14H2,1H3. The van der Waals surface area contributed by atoms with Crippen LogP contribution in [0.5, 0.6) is 5.75 Å². The predicted octanol–water partition coefficient (Wildman–Crippen LogP) is 3.55. The Labute approximate surface area is 189 Å². The number of para-hydroxylation sites is 1. The highest BCUT2D eigenvalue weighted by Crippen LogP contribution is 2.32. The van der Waals surface area contributed by atoms with Crippen LogP contribution < -0.4 is 4.74 Å². The van der Waals surface area contributed by atoms with Crippen molar-refractivity contribution >= 4 is 23.2 Å². The smallest absolute Gasteiger partial charge is 0.261 e. The van der Waals surface area contributed by atoms with E-state index in [1.807, 2.05) is 23.6 Å². The minimum absolute atomic E-state index is 0.0195. The van der Waals surface area contributed by atoms with Crippen molar-refractivity contribution in [1.29, 1.82) is 0 Å². The zero-order valence-electron chi connectivity index (χ0n) is 17.6. The van der Waals surface area contributed by atoms with Gasteiger partial charge in [-0.15, -0.1) is 11.3 Å². The molecule has 1 aromatic carbocycles. The van der Waals surface area contributed by atoms with Crippen molar-refractivity contribution in [2.75, 3.05) is 26.2 Å². The van der Waals surface area contributed by atoms with E-state index in [1.165, 1.54) is 24.3 Å². The van der Waals surface area contributed by atoms with E-state index in [0.29, 0.717) is 43.2 Å². The van der Waals surface area contributed by atoms with Crippen molar-refractivity contribution in [3.05, 3.63) is 64.9 Å². The highest BCUT2D eigenvalue weighted by atomic mass is 32.1. The number of nitrogens with zero attached hydrogens (tertiary/aromatic N) is 4. The molecule has 1 aliphatic rings. The van der Waals surface area contributed by atoms with Crippen LogP contribution in [0.25, 0.3) is 11.4 Å². The van der Waals surface area contributed by atoms with Crippen LogP contribution in [0.1, 0.15) is 24.4 Å². The van der Waals surface area contributed by atoms with Crippen LogP contribution in [0.4, 0.5) is 4.39 Å². The summed E-state index contributed by atoms with van der Waals surface area (Å²) in [6.45, 7) is 2.82. The molecule has 0 spiro atoms. The molecule has 9 heteroatoms. The summed E-state index contributed by atoms with van der Waals surface area (Å²) in [5.74, 6) is 0.0267. The van der Waals surface area contributed by atoms with E-state index >= 15 is 0 Å². The van der Waals surface area contributed by atoms with Crippen LogP contribution in [-0.2, 0) is 9.59 Å². The number of carbonyl (C=O) groups is 2. The van der Waals surface area contributed by atoms with E-state index in [-0.39, 0.29) is 24.5 Å². The minimum atomic E-state index is -0.410. The molecule has 1 unspecified atom stereocenters. The van der Waals surface area contributed by atoms with Crippen LogP contribution in [0.3, 0.4) is 0 Å². The Balaban J connectivity index is 1.55. The molecule has 0 N–H and O–H groups in total. The van der Waals surface area contributed by atoms with E-state index in [0.717, 1.165) is 11.2 Å².